The molecular formula is C13H11ClN4O. The molecule has 0 fully saturated rings. The maximum Gasteiger partial charge on any atom is 0.148 e. The van der Waals surface area contributed by atoms with Gasteiger partial charge in [0.25, 0.3) is 0 Å². The maximum absolute atomic E-state index is 5.98. The molecule has 0 radical (unpaired) electrons. The number of ether oxygens (including phenoxy) is 1. The van der Waals surface area contributed by atoms with E-state index in [4.69, 9.17) is 22.1 Å². The Kier molecular flexibility index (Phi) is 2.76. The first-order valence-electron chi connectivity index (χ1n) is 5.62. The van der Waals surface area contributed by atoms with E-state index in [9.17, 15) is 0 Å². The molecule has 96 valence electrons. The number of methoxy groups -OCH3 is 1. The van der Waals surface area contributed by atoms with Gasteiger partial charge in [0, 0.05) is 11.2 Å². The summed E-state index contributed by atoms with van der Waals surface area (Å²) < 4.78 is 5.27. The SMILES string of the molecule is COc1cnccc1-c1nc2c(N)cc(Cl)cc2[nH]1. The lowest BCUT2D eigenvalue weighted by atomic mass is 10.2. The lowest BCUT2D eigenvalue weighted by Gasteiger charge is -2.03. The third-order valence-electron chi connectivity index (χ3n) is 2.84. The van der Waals surface area contributed by atoms with Gasteiger partial charge in [0.15, 0.2) is 0 Å². The minimum absolute atomic E-state index is 0.540. The highest BCUT2D eigenvalue weighted by molar-refractivity contribution is 6.31. The van der Waals surface area contributed by atoms with Gasteiger partial charge < -0.3 is 15.5 Å². The van der Waals surface area contributed by atoms with Crippen molar-refractivity contribution in [1.29, 1.82) is 0 Å². The van der Waals surface area contributed by atoms with E-state index in [1.807, 2.05) is 6.07 Å². The van der Waals surface area contributed by atoms with Gasteiger partial charge in [-0.1, -0.05) is 11.6 Å². The summed E-state index contributed by atoms with van der Waals surface area (Å²) in [5.74, 6) is 1.31. The maximum atomic E-state index is 5.98. The van der Waals surface area contributed by atoms with Gasteiger partial charge in [0.2, 0.25) is 0 Å². The second kappa shape index (κ2) is 4.44. The molecule has 0 aliphatic rings. The Morgan fingerprint density at radius 3 is 3.00 bits per heavy atom. The van der Waals surface area contributed by atoms with Crippen LogP contribution in [0.4, 0.5) is 5.69 Å². The molecular weight excluding hydrogens is 264 g/mol. The fourth-order valence-electron chi connectivity index (χ4n) is 1.97. The third kappa shape index (κ3) is 1.98. The molecule has 0 aliphatic carbocycles. The summed E-state index contributed by atoms with van der Waals surface area (Å²) in [6.45, 7) is 0. The Morgan fingerprint density at radius 2 is 2.21 bits per heavy atom. The first-order valence-corrected chi connectivity index (χ1v) is 6.00. The Hall–Kier alpha value is -2.27. The van der Waals surface area contributed by atoms with Crippen molar-refractivity contribution >= 4 is 28.3 Å². The Morgan fingerprint density at radius 1 is 1.37 bits per heavy atom. The molecule has 3 rings (SSSR count). The zero-order chi connectivity index (χ0) is 13.4. The number of imidazole rings is 1. The van der Waals surface area contributed by atoms with Crippen LogP contribution in [-0.2, 0) is 0 Å². The average molecular weight is 275 g/mol. The molecule has 0 unspecified atom stereocenters. The lowest BCUT2D eigenvalue weighted by molar-refractivity contribution is 0.414. The summed E-state index contributed by atoms with van der Waals surface area (Å²) in [5, 5.41) is 0.571. The number of rotatable bonds is 2. The summed E-state index contributed by atoms with van der Waals surface area (Å²) in [4.78, 5) is 11.7. The van der Waals surface area contributed by atoms with Crippen LogP contribution in [0.1, 0.15) is 0 Å². The number of anilines is 1. The molecule has 0 amide bonds. The number of nitrogens with two attached hydrogens (primary N) is 1. The normalized spacial score (nSPS) is 10.8. The molecule has 0 atom stereocenters. The van der Waals surface area contributed by atoms with Gasteiger partial charge in [-0.25, -0.2) is 4.98 Å². The quantitative estimate of drug-likeness (QED) is 0.705. The van der Waals surface area contributed by atoms with E-state index < -0.39 is 0 Å². The molecule has 0 spiro atoms. The molecule has 0 saturated heterocycles. The standard InChI is InChI=1S/C13H11ClN4O/c1-19-11-6-16-3-2-8(11)13-17-10-5-7(14)4-9(15)12(10)18-13/h2-6H,15H2,1H3,(H,17,18). The van der Waals surface area contributed by atoms with Crippen molar-refractivity contribution in [3.8, 4) is 17.1 Å². The molecule has 3 N–H and O–H groups in total. The molecule has 0 saturated carbocycles. The number of nitrogens with zero attached hydrogens (tertiary/aromatic N) is 2. The second-order valence-corrected chi connectivity index (χ2v) is 4.49. The predicted molar refractivity (Wildman–Crippen MR) is 75.3 cm³/mol. The molecule has 2 heterocycles. The number of aromatic amines is 1. The number of hydrogen-bond acceptors (Lipinski definition) is 4. The van der Waals surface area contributed by atoms with Crippen LogP contribution in [0, 0.1) is 0 Å². The third-order valence-corrected chi connectivity index (χ3v) is 3.06. The van der Waals surface area contributed by atoms with Crippen molar-refractivity contribution < 1.29 is 4.74 Å². The highest BCUT2D eigenvalue weighted by Gasteiger charge is 2.12. The predicted octanol–water partition coefficient (Wildman–Crippen LogP) is 2.87. The van der Waals surface area contributed by atoms with Gasteiger partial charge in [-0.2, -0.15) is 0 Å². The van der Waals surface area contributed by atoms with Gasteiger partial charge in [-0.15, -0.1) is 0 Å². The monoisotopic (exact) mass is 274 g/mol. The van der Waals surface area contributed by atoms with Gasteiger partial charge in [-0.3, -0.25) is 4.98 Å². The lowest BCUT2D eigenvalue weighted by Crippen LogP contribution is -1.90. The van der Waals surface area contributed by atoms with E-state index >= 15 is 0 Å². The van der Waals surface area contributed by atoms with Crippen LogP contribution >= 0.6 is 11.6 Å². The number of hydrogen-bond donors (Lipinski definition) is 2. The van der Waals surface area contributed by atoms with E-state index in [-0.39, 0.29) is 0 Å². The van der Waals surface area contributed by atoms with Crippen LogP contribution < -0.4 is 10.5 Å². The van der Waals surface area contributed by atoms with Crippen molar-refractivity contribution in [2.45, 2.75) is 0 Å². The zero-order valence-corrected chi connectivity index (χ0v) is 10.9. The number of benzene rings is 1. The minimum atomic E-state index is 0.540. The Bertz CT molecular complexity index is 753. The molecule has 0 aliphatic heterocycles. The van der Waals surface area contributed by atoms with E-state index in [1.54, 1.807) is 31.6 Å². The van der Waals surface area contributed by atoms with Gasteiger partial charge in [0.1, 0.15) is 17.1 Å². The zero-order valence-electron chi connectivity index (χ0n) is 10.1. The minimum Gasteiger partial charge on any atom is -0.494 e. The summed E-state index contributed by atoms with van der Waals surface area (Å²) in [6.07, 6.45) is 3.32. The van der Waals surface area contributed by atoms with Gasteiger partial charge >= 0.3 is 0 Å². The highest BCUT2D eigenvalue weighted by atomic mass is 35.5. The number of pyridine rings is 1. The van der Waals surface area contributed by atoms with Gasteiger partial charge in [-0.05, 0) is 18.2 Å². The Labute approximate surface area is 114 Å². The van der Waals surface area contributed by atoms with Crippen LogP contribution in [0.15, 0.2) is 30.6 Å². The highest BCUT2D eigenvalue weighted by Crippen LogP contribution is 2.31. The molecule has 3 aromatic rings. The summed E-state index contributed by atoms with van der Waals surface area (Å²) in [5.41, 5.74) is 8.76. The fourth-order valence-corrected chi connectivity index (χ4v) is 2.20. The Balaban J connectivity index is 2.23. The number of aromatic nitrogens is 3. The molecule has 1 aromatic carbocycles. The first kappa shape index (κ1) is 11.8. The van der Waals surface area contributed by atoms with Crippen LogP contribution in [0.5, 0.6) is 5.75 Å². The van der Waals surface area contributed by atoms with Gasteiger partial charge in [0.05, 0.1) is 30.1 Å². The van der Waals surface area contributed by atoms with Crippen LogP contribution in [0.25, 0.3) is 22.4 Å². The second-order valence-electron chi connectivity index (χ2n) is 4.05. The fraction of sp³-hybridized carbons (Fsp3) is 0.0769. The van der Waals surface area contributed by atoms with Crippen LogP contribution in [0.3, 0.4) is 0 Å². The number of nitrogen functional groups attached to an aromatic ring is 1. The van der Waals surface area contributed by atoms with Crippen LogP contribution in [0.2, 0.25) is 5.02 Å². The van der Waals surface area contributed by atoms with Crippen LogP contribution in [-0.4, -0.2) is 22.1 Å². The topological polar surface area (TPSA) is 76.8 Å². The first-order chi connectivity index (χ1) is 9.19. The molecule has 19 heavy (non-hydrogen) atoms. The van der Waals surface area contributed by atoms with Crippen molar-refractivity contribution in [3.63, 3.8) is 0 Å². The number of nitrogens with one attached hydrogen (secondary N) is 1. The summed E-state index contributed by atoms with van der Waals surface area (Å²) in [7, 11) is 1.59. The number of fused-ring (bicyclic) bond motifs is 1. The summed E-state index contributed by atoms with van der Waals surface area (Å²) >= 11 is 5.98. The molecule has 0 bridgehead atoms. The van der Waals surface area contributed by atoms with Crippen molar-refractivity contribution in [1.82, 2.24) is 15.0 Å². The van der Waals surface area contributed by atoms with Crippen molar-refractivity contribution in [3.05, 3.63) is 35.6 Å². The number of H-pyrrole nitrogens is 1. The van der Waals surface area contributed by atoms with E-state index in [2.05, 4.69) is 15.0 Å². The van der Waals surface area contributed by atoms with Crippen molar-refractivity contribution in [2.24, 2.45) is 0 Å². The van der Waals surface area contributed by atoms with E-state index in [1.165, 1.54) is 0 Å². The summed E-state index contributed by atoms with van der Waals surface area (Å²) in [6, 6.07) is 5.30. The molecule has 2 aromatic heterocycles. The van der Waals surface area contributed by atoms with E-state index in [0.29, 0.717) is 27.8 Å². The number of halogens is 1. The molecule has 5 nitrogen and oxygen atoms in total. The average Bonchev–Trinajstić information content (AvgIpc) is 2.82. The van der Waals surface area contributed by atoms with Crippen molar-refractivity contribution in [2.75, 3.05) is 12.8 Å². The van der Waals surface area contributed by atoms with E-state index in [0.717, 1.165) is 11.1 Å². The largest absolute Gasteiger partial charge is 0.494 e. The smallest absolute Gasteiger partial charge is 0.148 e. The molecule has 6 heteroatoms.